The van der Waals surface area contributed by atoms with Crippen molar-refractivity contribution < 1.29 is 28.8 Å². The maximum Gasteiger partial charge on any atom is 0.203 e. The first-order valence-electron chi connectivity index (χ1n) is 7.39. The number of carbonyl (C=O) groups excluding carboxylic acids is 1. The molecular weight excluding hydrogens is 312 g/mol. The number of rotatable bonds is 4. The quantitative estimate of drug-likeness (QED) is 0.929. The van der Waals surface area contributed by atoms with Gasteiger partial charge >= 0.3 is 0 Å². The maximum absolute atomic E-state index is 12.9. The van der Waals surface area contributed by atoms with E-state index in [0.29, 0.717) is 34.1 Å². The molecular formula is C18H18O6. The van der Waals surface area contributed by atoms with E-state index in [0.717, 1.165) is 0 Å². The highest BCUT2D eigenvalue weighted by Crippen LogP contribution is 2.45. The molecule has 2 aromatic carbocycles. The van der Waals surface area contributed by atoms with Gasteiger partial charge in [0.15, 0.2) is 17.3 Å². The number of ether oxygens (including phenoxy) is 4. The van der Waals surface area contributed by atoms with E-state index < -0.39 is 5.92 Å². The first-order chi connectivity index (χ1) is 11.6. The molecule has 0 unspecified atom stereocenters. The summed E-state index contributed by atoms with van der Waals surface area (Å²) in [6, 6.07) is 7.98. The predicted molar refractivity (Wildman–Crippen MR) is 86.8 cm³/mol. The molecule has 0 amide bonds. The van der Waals surface area contributed by atoms with Crippen LogP contribution < -0.4 is 18.9 Å². The van der Waals surface area contributed by atoms with Crippen molar-refractivity contribution in [3.05, 3.63) is 41.5 Å². The maximum atomic E-state index is 12.9. The summed E-state index contributed by atoms with van der Waals surface area (Å²) in [6.07, 6.45) is 0. The van der Waals surface area contributed by atoms with Gasteiger partial charge in [-0.25, -0.2) is 0 Å². The number of ketones is 1. The highest BCUT2D eigenvalue weighted by Gasteiger charge is 2.34. The number of aromatic hydroxyl groups is 1. The van der Waals surface area contributed by atoms with E-state index in [1.807, 2.05) is 0 Å². The molecule has 0 bridgehead atoms. The van der Waals surface area contributed by atoms with Crippen LogP contribution in [-0.2, 0) is 0 Å². The highest BCUT2D eigenvalue weighted by molar-refractivity contribution is 6.04. The lowest BCUT2D eigenvalue weighted by Crippen LogP contribution is -2.26. The second-order valence-corrected chi connectivity index (χ2v) is 5.33. The minimum atomic E-state index is -0.531. The fourth-order valence-electron chi connectivity index (χ4n) is 2.90. The molecule has 1 N–H and O–H groups in total. The molecule has 0 aliphatic carbocycles. The van der Waals surface area contributed by atoms with Gasteiger partial charge in [-0.2, -0.15) is 0 Å². The molecule has 1 aliphatic rings. The van der Waals surface area contributed by atoms with Crippen LogP contribution in [0.1, 0.15) is 21.8 Å². The number of benzene rings is 2. The van der Waals surface area contributed by atoms with Gasteiger partial charge in [0.25, 0.3) is 0 Å². The Bertz CT molecular complexity index is 783. The smallest absolute Gasteiger partial charge is 0.203 e. The molecule has 1 atom stereocenters. The van der Waals surface area contributed by atoms with E-state index in [1.165, 1.54) is 33.5 Å². The molecule has 0 aromatic heterocycles. The SMILES string of the molecule is COc1ccc([C@@H]2COc3cc(O)ccc3C2=O)c(OC)c1OC. The van der Waals surface area contributed by atoms with Gasteiger partial charge in [-0.05, 0) is 18.2 Å². The number of phenols is 1. The first-order valence-corrected chi connectivity index (χ1v) is 7.39. The van der Waals surface area contributed by atoms with Gasteiger partial charge in [0.05, 0.1) is 32.8 Å². The Kier molecular flexibility index (Phi) is 4.20. The first kappa shape index (κ1) is 16.0. The van der Waals surface area contributed by atoms with Crippen LogP contribution in [-0.4, -0.2) is 38.8 Å². The lowest BCUT2D eigenvalue weighted by Gasteiger charge is -2.26. The zero-order chi connectivity index (χ0) is 17.3. The van der Waals surface area contributed by atoms with Crippen molar-refractivity contribution in [1.82, 2.24) is 0 Å². The van der Waals surface area contributed by atoms with Crippen LogP contribution in [0.15, 0.2) is 30.3 Å². The van der Waals surface area contributed by atoms with Crippen LogP contribution in [0.3, 0.4) is 0 Å². The molecule has 24 heavy (non-hydrogen) atoms. The number of phenolic OH excluding ortho intramolecular Hbond substituents is 1. The molecule has 1 aliphatic heterocycles. The topological polar surface area (TPSA) is 74.2 Å². The van der Waals surface area contributed by atoms with Crippen molar-refractivity contribution in [3.63, 3.8) is 0 Å². The van der Waals surface area contributed by atoms with Gasteiger partial charge in [-0.3, -0.25) is 4.79 Å². The van der Waals surface area contributed by atoms with Crippen molar-refractivity contribution in [2.75, 3.05) is 27.9 Å². The third-order valence-corrected chi connectivity index (χ3v) is 4.06. The summed E-state index contributed by atoms with van der Waals surface area (Å²) in [6.45, 7) is 0.154. The summed E-state index contributed by atoms with van der Waals surface area (Å²) in [5.74, 6) is 1.22. The van der Waals surface area contributed by atoms with Crippen molar-refractivity contribution in [2.24, 2.45) is 0 Å². The van der Waals surface area contributed by atoms with Crippen LogP contribution >= 0.6 is 0 Å². The predicted octanol–water partition coefficient (Wildman–Crippen LogP) is 2.78. The fraction of sp³-hybridized carbons (Fsp3) is 0.278. The van der Waals surface area contributed by atoms with Gasteiger partial charge in [-0.15, -0.1) is 0 Å². The van der Waals surface area contributed by atoms with E-state index in [-0.39, 0.29) is 18.1 Å². The van der Waals surface area contributed by atoms with Gasteiger partial charge in [0, 0.05) is 11.6 Å². The normalized spacial score (nSPS) is 16.1. The minimum Gasteiger partial charge on any atom is -0.508 e. The van der Waals surface area contributed by atoms with Crippen LogP contribution in [0.5, 0.6) is 28.7 Å². The Hall–Kier alpha value is -2.89. The monoisotopic (exact) mass is 330 g/mol. The third kappa shape index (κ3) is 2.50. The average molecular weight is 330 g/mol. The number of hydrogen-bond acceptors (Lipinski definition) is 6. The number of hydrogen-bond donors (Lipinski definition) is 1. The molecule has 3 rings (SSSR count). The van der Waals surface area contributed by atoms with Gasteiger partial charge in [-0.1, -0.05) is 6.07 Å². The molecule has 6 heteroatoms. The van der Waals surface area contributed by atoms with Crippen molar-refractivity contribution in [3.8, 4) is 28.7 Å². The lowest BCUT2D eigenvalue weighted by atomic mass is 9.88. The molecule has 1 heterocycles. The number of Topliss-reactive ketones (excluding diaryl/α,β-unsaturated/α-hetero) is 1. The lowest BCUT2D eigenvalue weighted by molar-refractivity contribution is 0.0893. The van der Waals surface area contributed by atoms with E-state index in [1.54, 1.807) is 18.2 Å². The summed E-state index contributed by atoms with van der Waals surface area (Å²) in [5.41, 5.74) is 1.10. The summed E-state index contributed by atoms with van der Waals surface area (Å²) in [7, 11) is 4.57. The van der Waals surface area contributed by atoms with Gasteiger partial charge < -0.3 is 24.1 Å². The Morgan fingerprint density at radius 1 is 1.04 bits per heavy atom. The van der Waals surface area contributed by atoms with Crippen LogP contribution in [0.4, 0.5) is 0 Å². The summed E-state index contributed by atoms with van der Waals surface area (Å²) in [5, 5.41) is 9.52. The second kappa shape index (κ2) is 6.31. The Morgan fingerprint density at radius 2 is 1.79 bits per heavy atom. The average Bonchev–Trinajstić information content (AvgIpc) is 2.60. The summed E-state index contributed by atoms with van der Waals surface area (Å²) < 4.78 is 21.8. The van der Waals surface area contributed by atoms with Gasteiger partial charge in [0.2, 0.25) is 5.75 Å². The minimum absolute atomic E-state index is 0.0590. The Labute approximate surface area is 139 Å². The third-order valence-electron chi connectivity index (χ3n) is 4.06. The molecule has 0 radical (unpaired) electrons. The molecule has 2 aromatic rings. The zero-order valence-corrected chi connectivity index (χ0v) is 13.7. The van der Waals surface area contributed by atoms with E-state index in [2.05, 4.69) is 0 Å². The summed E-state index contributed by atoms with van der Waals surface area (Å²) >= 11 is 0. The van der Waals surface area contributed by atoms with Crippen LogP contribution in [0, 0.1) is 0 Å². The van der Waals surface area contributed by atoms with E-state index in [9.17, 15) is 9.90 Å². The number of carbonyl (C=O) groups is 1. The van der Waals surface area contributed by atoms with Crippen molar-refractivity contribution in [2.45, 2.75) is 5.92 Å². The molecule has 6 nitrogen and oxygen atoms in total. The number of methoxy groups -OCH3 is 3. The van der Waals surface area contributed by atoms with Crippen LogP contribution in [0.25, 0.3) is 0 Å². The zero-order valence-electron chi connectivity index (χ0n) is 13.7. The summed E-state index contributed by atoms with van der Waals surface area (Å²) in [4.78, 5) is 12.9. The molecule has 0 spiro atoms. The molecule has 0 saturated heterocycles. The van der Waals surface area contributed by atoms with Crippen molar-refractivity contribution in [1.29, 1.82) is 0 Å². The highest BCUT2D eigenvalue weighted by atomic mass is 16.5. The van der Waals surface area contributed by atoms with E-state index in [4.69, 9.17) is 18.9 Å². The number of fused-ring (bicyclic) bond motifs is 1. The molecule has 0 fully saturated rings. The van der Waals surface area contributed by atoms with Gasteiger partial charge in [0.1, 0.15) is 18.1 Å². The molecule has 126 valence electrons. The standard InChI is InChI=1S/C18H18O6/c1-21-14-7-6-11(17(22-2)18(14)23-3)13-9-24-15-8-10(19)4-5-12(15)16(13)20/h4-8,13,19H,9H2,1-3H3/t13-/m0/s1. The Morgan fingerprint density at radius 3 is 2.46 bits per heavy atom. The largest absolute Gasteiger partial charge is 0.508 e. The second-order valence-electron chi connectivity index (χ2n) is 5.33. The molecule has 0 saturated carbocycles. The Balaban J connectivity index is 2.07. The van der Waals surface area contributed by atoms with Crippen LogP contribution in [0.2, 0.25) is 0 Å². The fourth-order valence-corrected chi connectivity index (χ4v) is 2.90. The van der Waals surface area contributed by atoms with Crippen molar-refractivity contribution >= 4 is 5.78 Å². The van der Waals surface area contributed by atoms with E-state index >= 15 is 0 Å².